The summed E-state index contributed by atoms with van der Waals surface area (Å²) in [5.41, 5.74) is 6.84. The lowest BCUT2D eigenvalue weighted by Gasteiger charge is -2.04. The highest BCUT2D eigenvalue weighted by molar-refractivity contribution is 7.14. The Morgan fingerprint density at radius 3 is 3.00 bits per heavy atom. The number of anilines is 2. The number of nitrogens with zero attached hydrogens (tertiary/aromatic N) is 1. The van der Waals surface area contributed by atoms with Crippen LogP contribution < -0.4 is 11.1 Å². The predicted octanol–water partition coefficient (Wildman–Crippen LogP) is 2.99. The molecule has 0 aliphatic heterocycles. The number of aromatic nitrogens is 1. The van der Waals surface area contributed by atoms with Crippen LogP contribution in [0.1, 0.15) is 34.8 Å². The van der Waals surface area contributed by atoms with Crippen LogP contribution in [0.15, 0.2) is 23.6 Å². The third kappa shape index (κ3) is 2.58. The zero-order valence-corrected chi connectivity index (χ0v) is 10.8. The number of nitrogens with two attached hydrogens (primary N) is 1. The van der Waals surface area contributed by atoms with Crippen molar-refractivity contribution in [1.29, 1.82) is 0 Å². The molecular weight excluding hydrogens is 265 g/mol. The number of benzene rings is 1. The maximum Gasteiger partial charge on any atom is 0.260 e. The van der Waals surface area contributed by atoms with Crippen LogP contribution in [-0.4, -0.2) is 10.9 Å². The predicted molar refractivity (Wildman–Crippen MR) is 72.9 cm³/mol. The van der Waals surface area contributed by atoms with Crippen molar-refractivity contribution in [3.05, 3.63) is 40.7 Å². The van der Waals surface area contributed by atoms with E-state index in [-0.39, 0.29) is 5.56 Å². The minimum atomic E-state index is -0.592. The monoisotopic (exact) mass is 277 g/mol. The van der Waals surface area contributed by atoms with Crippen LogP contribution in [0, 0.1) is 5.82 Å². The van der Waals surface area contributed by atoms with Gasteiger partial charge in [-0.25, -0.2) is 9.37 Å². The van der Waals surface area contributed by atoms with E-state index in [1.807, 2.05) is 5.38 Å². The molecule has 0 spiro atoms. The Kier molecular flexibility index (Phi) is 2.94. The summed E-state index contributed by atoms with van der Waals surface area (Å²) in [6.45, 7) is 0. The van der Waals surface area contributed by atoms with Crippen molar-refractivity contribution in [2.24, 2.45) is 0 Å². The Balaban J connectivity index is 1.77. The molecule has 2 aromatic rings. The number of halogens is 1. The van der Waals surface area contributed by atoms with Crippen LogP contribution in [-0.2, 0) is 0 Å². The number of hydrogen-bond donors (Lipinski definition) is 2. The van der Waals surface area contributed by atoms with Gasteiger partial charge in [0.05, 0.1) is 11.3 Å². The minimum absolute atomic E-state index is 0.0665. The van der Waals surface area contributed by atoms with Crippen LogP contribution in [0.4, 0.5) is 15.2 Å². The van der Waals surface area contributed by atoms with E-state index in [2.05, 4.69) is 10.3 Å². The Morgan fingerprint density at radius 2 is 2.26 bits per heavy atom. The lowest BCUT2D eigenvalue weighted by atomic mass is 10.2. The fourth-order valence-electron chi connectivity index (χ4n) is 1.79. The molecule has 0 atom stereocenters. The second kappa shape index (κ2) is 4.62. The van der Waals surface area contributed by atoms with Crippen molar-refractivity contribution >= 4 is 28.1 Å². The summed E-state index contributed by atoms with van der Waals surface area (Å²) in [6, 6.07) is 3.92. The van der Waals surface area contributed by atoms with E-state index in [4.69, 9.17) is 5.73 Å². The summed E-state index contributed by atoms with van der Waals surface area (Å²) < 4.78 is 13.5. The number of carbonyl (C=O) groups excluding carboxylic acids is 1. The van der Waals surface area contributed by atoms with E-state index in [1.165, 1.54) is 29.5 Å². The molecule has 0 radical (unpaired) electrons. The van der Waals surface area contributed by atoms with Gasteiger partial charge in [0.15, 0.2) is 5.13 Å². The summed E-state index contributed by atoms with van der Waals surface area (Å²) in [7, 11) is 0. The average Bonchev–Trinajstić information content (AvgIpc) is 3.13. The summed E-state index contributed by atoms with van der Waals surface area (Å²) in [6.07, 6.45) is 2.31. The lowest BCUT2D eigenvalue weighted by Crippen LogP contribution is -2.14. The van der Waals surface area contributed by atoms with Crippen molar-refractivity contribution in [3.63, 3.8) is 0 Å². The Bertz CT molecular complexity index is 637. The number of nitrogens with one attached hydrogen (secondary N) is 1. The van der Waals surface area contributed by atoms with Crippen LogP contribution in [0.2, 0.25) is 0 Å². The zero-order chi connectivity index (χ0) is 13.4. The quantitative estimate of drug-likeness (QED) is 0.847. The van der Waals surface area contributed by atoms with Crippen LogP contribution in [0.5, 0.6) is 0 Å². The second-order valence-electron chi connectivity index (χ2n) is 4.55. The molecule has 3 N–H and O–H groups in total. The zero-order valence-electron chi connectivity index (χ0n) is 10.0. The molecule has 6 heteroatoms. The van der Waals surface area contributed by atoms with Crippen molar-refractivity contribution in [2.45, 2.75) is 18.8 Å². The van der Waals surface area contributed by atoms with Gasteiger partial charge < -0.3 is 5.73 Å². The standard InChI is InChI=1S/C13H12FN3OS/c14-10-4-3-8(15)5-9(10)12(18)17-13-16-11(6-19-13)7-1-2-7/h3-7H,1-2,15H2,(H,16,17,18). The van der Waals surface area contributed by atoms with Gasteiger partial charge in [-0.1, -0.05) is 0 Å². The van der Waals surface area contributed by atoms with Gasteiger partial charge in [-0.3, -0.25) is 10.1 Å². The van der Waals surface area contributed by atoms with Crippen molar-refractivity contribution in [2.75, 3.05) is 11.1 Å². The SMILES string of the molecule is Nc1ccc(F)c(C(=O)Nc2nc(C3CC3)cs2)c1. The van der Waals surface area contributed by atoms with Gasteiger partial charge in [-0.15, -0.1) is 11.3 Å². The number of carbonyl (C=O) groups is 1. The van der Waals surface area contributed by atoms with E-state index in [9.17, 15) is 9.18 Å². The Hall–Kier alpha value is -1.95. The molecule has 1 saturated carbocycles. The van der Waals surface area contributed by atoms with Crippen molar-refractivity contribution < 1.29 is 9.18 Å². The van der Waals surface area contributed by atoms with E-state index in [0.717, 1.165) is 18.5 Å². The molecule has 0 bridgehead atoms. The highest BCUT2D eigenvalue weighted by Crippen LogP contribution is 2.40. The number of nitrogen functional groups attached to an aromatic ring is 1. The third-order valence-corrected chi connectivity index (χ3v) is 3.75. The molecule has 1 aromatic carbocycles. The average molecular weight is 277 g/mol. The smallest absolute Gasteiger partial charge is 0.260 e. The fourth-order valence-corrected chi connectivity index (χ4v) is 2.58. The topological polar surface area (TPSA) is 68.0 Å². The molecule has 98 valence electrons. The molecule has 1 aliphatic rings. The van der Waals surface area contributed by atoms with E-state index >= 15 is 0 Å². The largest absolute Gasteiger partial charge is 0.399 e. The molecule has 0 saturated heterocycles. The minimum Gasteiger partial charge on any atom is -0.399 e. The van der Waals surface area contributed by atoms with Crippen molar-refractivity contribution in [3.8, 4) is 0 Å². The first-order valence-corrected chi connectivity index (χ1v) is 6.83. The molecule has 3 rings (SSSR count). The molecule has 1 fully saturated rings. The maximum absolute atomic E-state index is 13.5. The van der Waals surface area contributed by atoms with E-state index < -0.39 is 11.7 Å². The molecule has 1 heterocycles. The third-order valence-electron chi connectivity index (χ3n) is 2.97. The van der Waals surface area contributed by atoms with Gasteiger partial charge in [-0.05, 0) is 31.0 Å². The van der Waals surface area contributed by atoms with Gasteiger partial charge in [0.1, 0.15) is 5.82 Å². The summed E-state index contributed by atoms with van der Waals surface area (Å²) >= 11 is 1.35. The number of rotatable bonds is 3. The second-order valence-corrected chi connectivity index (χ2v) is 5.40. The first-order chi connectivity index (χ1) is 9.13. The Morgan fingerprint density at radius 1 is 1.47 bits per heavy atom. The fraction of sp³-hybridized carbons (Fsp3) is 0.231. The van der Waals surface area contributed by atoms with Crippen molar-refractivity contribution in [1.82, 2.24) is 4.98 Å². The van der Waals surface area contributed by atoms with Gasteiger partial charge in [-0.2, -0.15) is 0 Å². The summed E-state index contributed by atoms with van der Waals surface area (Å²) in [5, 5.41) is 5.03. The lowest BCUT2D eigenvalue weighted by molar-refractivity contribution is 0.102. The van der Waals surface area contributed by atoms with Crippen LogP contribution in [0.3, 0.4) is 0 Å². The molecule has 1 aromatic heterocycles. The molecule has 1 amide bonds. The highest BCUT2D eigenvalue weighted by atomic mass is 32.1. The first-order valence-electron chi connectivity index (χ1n) is 5.95. The molecule has 1 aliphatic carbocycles. The Labute approximate surface area is 113 Å². The summed E-state index contributed by atoms with van der Waals surface area (Å²) in [4.78, 5) is 16.3. The number of hydrogen-bond acceptors (Lipinski definition) is 4. The first kappa shape index (κ1) is 12.1. The van der Waals surface area contributed by atoms with E-state index in [1.54, 1.807) is 0 Å². The molecule has 19 heavy (non-hydrogen) atoms. The highest BCUT2D eigenvalue weighted by Gasteiger charge is 2.26. The maximum atomic E-state index is 13.5. The number of amides is 1. The normalized spacial score (nSPS) is 14.4. The molecule has 4 nitrogen and oxygen atoms in total. The van der Waals surface area contributed by atoms with Gasteiger partial charge in [0.25, 0.3) is 5.91 Å². The summed E-state index contributed by atoms with van der Waals surface area (Å²) in [5.74, 6) is -0.585. The van der Waals surface area contributed by atoms with Crippen LogP contribution in [0.25, 0.3) is 0 Å². The van der Waals surface area contributed by atoms with Crippen LogP contribution >= 0.6 is 11.3 Å². The molecule has 0 unspecified atom stereocenters. The van der Waals surface area contributed by atoms with Gasteiger partial charge in [0.2, 0.25) is 0 Å². The van der Waals surface area contributed by atoms with E-state index in [0.29, 0.717) is 16.7 Å². The van der Waals surface area contributed by atoms with Gasteiger partial charge >= 0.3 is 0 Å². The van der Waals surface area contributed by atoms with Gasteiger partial charge in [0, 0.05) is 17.0 Å². The molecular formula is C13H12FN3OS. The number of thiazole rings is 1.